The number of aromatic nitrogens is 2. The zero-order valence-corrected chi connectivity index (χ0v) is 34.3. The molecule has 0 aliphatic carbocycles. The molecule has 2 aromatic heterocycles. The highest BCUT2D eigenvalue weighted by atomic mass is 28.3. The van der Waals surface area contributed by atoms with Gasteiger partial charge < -0.3 is 22.7 Å². The lowest BCUT2D eigenvalue weighted by atomic mass is 9.87. The summed E-state index contributed by atoms with van der Waals surface area (Å²) in [4.78, 5) is 0. The molecule has 6 heteroatoms. The van der Waals surface area contributed by atoms with E-state index in [4.69, 9.17) is 13.6 Å². The molecule has 58 heavy (non-hydrogen) atoms. The summed E-state index contributed by atoms with van der Waals surface area (Å²) in [5.41, 5.74) is 12.2. The van der Waals surface area contributed by atoms with Crippen molar-refractivity contribution < 1.29 is 13.6 Å². The molecular formula is C52H40N2O3Si. The van der Waals surface area contributed by atoms with E-state index in [2.05, 4.69) is 184 Å². The Kier molecular flexibility index (Phi) is 5.90. The first-order valence-corrected chi connectivity index (χ1v) is 22.3. The summed E-state index contributed by atoms with van der Waals surface area (Å²) in [7, 11) is -3.27. The molecule has 0 amide bonds. The monoisotopic (exact) mass is 768 g/mol. The Morgan fingerprint density at radius 3 is 1.40 bits per heavy atom. The molecule has 0 radical (unpaired) electrons. The summed E-state index contributed by atoms with van der Waals surface area (Å²) in [5.74, 6) is 1.84. The van der Waals surface area contributed by atoms with Crippen molar-refractivity contribution >= 4 is 94.8 Å². The fourth-order valence-corrected chi connectivity index (χ4v) is 16.3. The van der Waals surface area contributed by atoms with Gasteiger partial charge in [0.1, 0.15) is 11.5 Å². The third kappa shape index (κ3) is 3.87. The van der Waals surface area contributed by atoms with Gasteiger partial charge in [0.25, 0.3) is 0 Å². The van der Waals surface area contributed by atoms with Crippen molar-refractivity contribution in [2.24, 2.45) is 0 Å². The number of benzene rings is 8. The maximum absolute atomic E-state index is 7.42. The maximum atomic E-state index is 7.42. The average molecular weight is 769 g/mol. The fraction of sp³-hybridized carbons (Fsp3) is 0.154. The molecule has 3 aliphatic heterocycles. The minimum absolute atomic E-state index is 0.0643. The Morgan fingerprint density at radius 1 is 0.448 bits per heavy atom. The van der Waals surface area contributed by atoms with Crippen molar-refractivity contribution in [2.75, 3.05) is 0 Å². The van der Waals surface area contributed by atoms with Gasteiger partial charge in [0.2, 0.25) is 0 Å². The molecule has 13 rings (SSSR count). The molecule has 0 N–H and O–H groups in total. The Bertz CT molecular complexity index is 3350. The third-order valence-corrected chi connectivity index (χ3v) is 18.1. The van der Waals surface area contributed by atoms with E-state index in [0.29, 0.717) is 0 Å². The molecule has 0 fully saturated rings. The second-order valence-corrected chi connectivity index (χ2v) is 22.1. The van der Waals surface area contributed by atoms with Crippen LogP contribution in [0.5, 0.6) is 11.5 Å². The van der Waals surface area contributed by atoms with Crippen molar-refractivity contribution in [1.29, 1.82) is 0 Å². The number of fused-ring (bicyclic) bond motifs is 10. The number of ether oxygens (including phenoxy) is 1. The molecule has 0 saturated carbocycles. The molecule has 3 aliphatic rings. The molecule has 5 nitrogen and oxygen atoms in total. The minimum Gasteiger partial charge on any atom is -0.457 e. The molecule has 0 spiro atoms. The van der Waals surface area contributed by atoms with E-state index in [1.807, 2.05) is 0 Å². The van der Waals surface area contributed by atoms with Crippen LogP contribution in [0.2, 0.25) is 0 Å². The van der Waals surface area contributed by atoms with Gasteiger partial charge in [-0.3, -0.25) is 0 Å². The van der Waals surface area contributed by atoms with Gasteiger partial charge in [0.05, 0.1) is 33.4 Å². The van der Waals surface area contributed by atoms with Crippen LogP contribution in [0, 0.1) is 0 Å². The highest BCUT2D eigenvalue weighted by molar-refractivity contribution is 7.24. The van der Waals surface area contributed by atoms with Crippen LogP contribution in [0.3, 0.4) is 0 Å². The smallest absolute Gasteiger partial charge is 0.198 e. The van der Waals surface area contributed by atoms with Gasteiger partial charge in [0, 0.05) is 32.4 Å². The molecular weight excluding hydrogens is 729 g/mol. The molecule has 0 bridgehead atoms. The highest BCUT2D eigenvalue weighted by Crippen LogP contribution is 2.48. The van der Waals surface area contributed by atoms with Gasteiger partial charge >= 0.3 is 0 Å². The van der Waals surface area contributed by atoms with Crippen molar-refractivity contribution in [2.45, 2.75) is 52.4 Å². The topological polar surface area (TPSA) is 45.4 Å². The van der Waals surface area contributed by atoms with E-state index in [1.54, 1.807) is 0 Å². The second-order valence-electron chi connectivity index (χ2n) is 18.5. The van der Waals surface area contributed by atoms with E-state index in [0.717, 1.165) is 66.7 Å². The Hall–Kier alpha value is -6.50. The van der Waals surface area contributed by atoms with Gasteiger partial charge in [0.15, 0.2) is 30.4 Å². The van der Waals surface area contributed by atoms with E-state index in [1.165, 1.54) is 54.0 Å². The lowest BCUT2D eigenvalue weighted by Gasteiger charge is -2.48. The van der Waals surface area contributed by atoms with Crippen LogP contribution in [0.15, 0.2) is 142 Å². The first kappa shape index (κ1) is 32.6. The number of hydrogen-bond acceptors (Lipinski definition) is 3. The fourth-order valence-electron chi connectivity index (χ4n) is 10.6. The predicted molar refractivity (Wildman–Crippen MR) is 240 cm³/mol. The largest absolute Gasteiger partial charge is 0.457 e. The average Bonchev–Trinajstić information content (AvgIpc) is 3.21. The van der Waals surface area contributed by atoms with Crippen LogP contribution >= 0.6 is 0 Å². The molecule has 0 unspecified atom stereocenters. The lowest BCUT2D eigenvalue weighted by molar-refractivity contribution is 0.488. The normalized spacial score (nSPS) is 14.7. The summed E-state index contributed by atoms with van der Waals surface area (Å²) >= 11 is 0. The molecule has 0 atom stereocenters. The number of rotatable bonds is 1. The number of hydrogen-bond donors (Lipinski definition) is 0. The summed E-state index contributed by atoms with van der Waals surface area (Å²) < 4.78 is 27.0. The maximum Gasteiger partial charge on any atom is 0.198 e. The van der Waals surface area contributed by atoms with E-state index < -0.39 is 8.07 Å². The van der Waals surface area contributed by atoms with Crippen LogP contribution in [0.1, 0.15) is 52.7 Å². The highest BCUT2D eigenvalue weighted by Gasteiger charge is 2.58. The lowest BCUT2D eigenvalue weighted by Crippen LogP contribution is -2.80. The van der Waals surface area contributed by atoms with Gasteiger partial charge in [-0.25, -0.2) is 0 Å². The van der Waals surface area contributed by atoms with Crippen molar-refractivity contribution in [3.8, 4) is 22.9 Å². The predicted octanol–water partition coefficient (Wildman–Crippen LogP) is 11.2. The molecule has 5 heterocycles. The van der Waals surface area contributed by atoms with E-state index in [9.17, 15) is 0 Å². The standard InChI is InChI=1S/C52H40N2O3Si/c1-51(2,3)31-20-22-36-38(26-31)55-40-28-41-47-50-46(40)53(36)44-34-18-12-10-14-29(34)24-42-48(44)58(50,33-16-8-7-9-17-33)49-43(57-42)25-30-15-11-13-19-35(30)45(49)54(47)37-23-21-32(52(4,5)6)27-39(37)56-41/h7-28H,1-6H3. The molecule has 10 aromatic rings. The molecule has 8 aromatic carbocycles. The van der Waals surface area contributed by atoms with E-state index >= 15 is 0 Å². The van der Waals surface area contributed by atoms with Crippen LogP contribution in [0.25, 0.3) is 77.3 Å². The Morgan fingerprint density at radius 2 is 0.914 bits per heavy atom. The van der Waals surface area contributed by atoms with Gasteiger partial charge in [-0.15, -0.1) is 0 Å². The SMILES string of the molecule is CC(C)(C)c1ccc2c(c1)oc1cc3oc4cc(C(C)(C)C)ccc4n4c3c3c1n2-c1c2c(cc5ccccc15)Oc1cc5ccccc5c-4c1[Si]23c1ccccc1. The Labute approximate surface area is 336 Å². The van der Waals surface area contributed by atoms with Crippen LogP contribution < -0.4 is 25.5 Å². The molecule has 280 valence electrons. The van der Waals surface area contributed by atoms with Gasteiger partial charge in [-0.2, -0.15) is 0 Å². The van der Waals surface area contributed by atoms with Gasteiger partial charge in [-0.1, -0.05) is 133 Å². The summed E-state index contributed by atoms with van der Waals surface area (Å²) in [5, 5.41) is 9.81. The zero-order valence-electron chi connectivity index (χ0n) is 33.3. The van der Waals surface area contributed by atoms with Crippen molar-refractivity contribution in [3.05, 3.63) is 145 Å². The minimum atomic E-state index is -3.27. The second kappa shape index (κ2) is 10.5. The summed E-state index contributed by atoms with van der Waals surface area (Å²) in [6, 6.07) is 49.3. The first-order valence-electron chi connectivity index (χ1n) is 20.3. The Balaban J connectivity index is 1.39. The number of nitrogens with zero attached hydrogens (tertiary/aromatic N) is 2. The van der Waals surface area contributed by atoms with Crippen molar-refractivity contribution in [1.82, 2.24) is 9.13 Å². The first-order chi connectivity index (χ1) is 28.0. The summed E-state index contributed by atoms with van der Waals surface area (Å²) in [6.07, 6.45) is 0. The summed E-state index contributed by atoms with van der Waals surface area (Å²) in [6.45, 7) is 13.6. The molecule has 0 saturated heterocycles. The quantitative estimate of drug-likeness (QED) is 0.123. The van der Waals surface area contributed by atoms with Crippen LogP contribution in [0.4, 0.5) is 0 Å². The van der Waals surface area contributed by atoms with Crippen LogP contribution in [-0.2, 0) is 10.8 Å². The third-order valence-electron chi connectivity index (χ3n) is 13.2. The zero-order chi connectivity index (χ0) is 39.0. The van der Waals surface area contributed by atoms with Crippen molar-refractivity contribution in [3.63, 3.8) is 0 Å². The van der Waals surface area contributed by atoms with Crippen LogP contribution in [-0.4, -0.2) is 17.2 Å². The van der Waals surface area contributed by atoms with Gasteiger partial charge in [-0.05, 0) is 74.3 Å². The van der Waals surface area contributed by atoms with E-state index in [-0.39, 0.29) is 10.8 Å².